The van der Waals surface area contributed by atoms with Gasteiger partial charge in [-0.25, -0.2) is 12.8 Å². The smallest absolute Gasteiger partial charge is 0.222 e. The minimum Gasteiger partial charge on any atom is -0.340 e. The summed E-state index contributed by atoms with van der Waals surface area (Å²) in [5.74, 6) is -0.452. The number of rotatable bonds is 6. The first-order valence-electron chi connectivity index (χ1n) is 9.08. The van der Waals surface area contributed by atoms with Crippen molar-refractivity contribution in [1.82, 2.24) is 9.21 Å². The van der Waals surface area contributed by atoms with Gasteiger partial charge in [0.25, 0.3) is 0 Å². The second-order valence-electron chi connectivity index (χ2n) is 6.76. The number of benzene rings is 2. The molecule has 0 spiro atoms. The average Bonchev–Trinajstić information content (AvgIpc) is 2.67. The molecule has 2 aromatic rings. The van der Waals surface area contributed by atoms with Crippen LogP contribution in [0.25, 0.3) is 0 Å². The highest BCUT2D eigenvalue weighted by molar-refractivity contribution is 9.10. The van der Waals surface area contributed by atoms with Crippen LogP contribution in [-0.2, 0) is 27.0 Å². The molecule has 8 heteroatoms. The van der Waals surface area contributed by atoms with Crippen molar-refractivity contribution in [2.24, 2.45) is 0 Å². The molecule has 0 bridgehead atoms. The first-order valence-corrected chi connectivity index (χ1v) is 11.5. The zero-order chi connectivity index (χ0) is 20.1. The predicted molar refractivity (Wildman–Crippen MR) is 110 cm³/mol. The van der Waals surface area contributed by atoms with Crippen LogP contribution in [0.2, 0.25) is 0 Å². The van der Waals surface area contributed by atoms with E-state index in [1.165, 1.54) is 10.4 Å². The molecule has 5 nitrogen and oxygen atoms in total. The van der Waals surface area contributed by atoms with E-state index in [1.54, 1.807) is 29.2 Å². The molecule has 0 radical (unpaired) electrons. The van der Waals surface area contributed by atoms with Gasteiger partial charge >= 0.3 is 0 Å². The van der Waals surface area contributed by atoms with Crippen LogP contribution in [0, 0.1) is 5.82 Å². The van der Waals surface area contributed by atoms with Crippen LogP contribution in [0.3, 0.4) is 0 Å². The molecule has 0 N–H and O–H groups in total. The van der Waals surface area contributed by atoms with Crippen LogP contribution in [0.4, 0.5) is 4.39 Å². The van der Waals surface area contributed by atoms with Gasteiger partial charge in [0, 0.05) is 37.1 Å². The third kappa shape index (κ3) is 5.40. The van der Waals surface area contributed by atoms with Gasteiger partial charge in [0.05, 0.1) is 5.75 Å². The van der Waals surface area contributed by atoms with E-state index in [2.05, 4.69) is 15.9 Å². The summed E-state index contributed by atoms with van der Waals surface area (Å²) in [6.45, 7) is 1.28. The van der Waals surface area contributed by atoms with Crippen LogP contribution in [0.5, 0.6) is 0 Å². The summed E-state index contributed by atoms with van der Waals surface area (Å²) in [5.41, 5.74) is 1.25. The van der Waals surface area contributed by atoms with E-state index in [9.17, 15) is 17.6 Å². The van der Waals surface area contributed by atoms with E-state index in [1.807, 2.05) is 18.2 Å². The van der Waals surface area contributed by atoms with Gasteiger partial charge in [-0.2, -0.15) is 4.31 Å². The number of aryl methyl sites for hydroxylation is 1. The zero-order valence-corrected chi connectivity index (χ0v) is 17.8. The third-order valence-electron chi connectivity index (χ3n) is 4.80. The number of sulfonamides is 1. The Morgan fingerprint density at radius 2 is 1.71 bits per heavy atom. The monoisotopic (exact) mass is 468 g/mol. The maximum atomic E-state index is 13.9. The summed E-state index contributed by atoms with van der Waals surface area (Å²) in [6, 6.07) is 13.9. The van der Waals surface area contributed by atoms with Crippen LogP contribution in [0.1, 0.15) is 17.5 Å². The lowest BCUT2D eigenvalue weighted by atomic mass is 10.1. The molecular formula is C20H22BrFN2O3S. The second-order valence-corrected chi connectivity index (χ2v) is 9.64. The number of amides is 1. The van der Waals surface area contributed by atoms with Gasteiger partial charge in [-0.15, -0.1) is 0 Å². The molecule has 1 amide bonds. The number of hydrogen-bond acceptors (Lipinski definition) is 3. The molecule has 1 saturated heterocycles. The van der Waals surface area contributed by atoms with Gasteiger partial charge in [-0.3, -0.25) is 4.79 Å². The molecule has 3 rings (SSSR count). The van der Waals surface area contributed by atoms with Gasteiger partial charge in [0.1, 0.15) is 5.82 Å². The predicted octanol–water partition coefficient (Wildman–Crippen LogP) is 3.20. The Kier molecular flexibility index (Phi) is 6.85. The van der Waals surface area contributed by atoms with Gasteiger partial charge in [-0.05, 0) is 29.7 Å². The van der Waals surface area contributed by atoms with Crippen LogP contribution >= 0.6 is 15.9 Å². The normalized spacial score (nSPS) is 15.6. The van der Waals surface area contributed by atoms with Crippen LogP contribution in [0.15, 0.2) is 53.0 Å². The summed E-state index contributed by atoms with van der Waals surface area (Å²) in [7, 11) is -3.41. The second kappa shape index (κ2) is 9.15. The van der Waals surface area contributed by atoms with E-state index in [0.717, 1.165) is 5.56 Å². The van der Waals surface area contributed by atoms with Gasteiger partial charge in [0.15, 0.2) is 0 Å². The first-order chi connectivity index (χ1) is 13.3. The van der Waals surface area contributed by atoms with Crippen molar-refractivity contribution >= 4 is 31.9 Å². The fourth-order valence-corrected chi connectivity index (χ4v) is 5.07. The minimum atomic E-state index is -3.41. The van der Waals surface area contributed by atoms with Crippen molar-refractivity contribution in [3.63, 3.8) is 0 Å². The van der Waals surface area contributed by atoms with Gasteiger partial charge < -0.3 is 4.90 Å². The minimum absolute atomic E-state index is 0.0371. The van der Waals surface area contributed by atoms with Crippen LogP contribution in [-0.4, -0.2) is 49.7 Å². The van der Waals surface area contributed by atoms with Crippen molar-refractivity contribution in [1.29, 1.82) is 0 Å². The Labute approximate surface area is 173 Å². The lowest BCUT2D eigenvalue weighted by Gasteiger charge is -2.34. The molecule has 2 aromatic carbocycles. The fourth-order valence-electron chi connectivity index (χ4n) is 3.22. The molecule has 1 aliphatic rings. The quantitative estimate of drug-likeness (QED) is 0.653. The third-order valence-corrected chi connectivity index (χ3v) is 7.14. The number of halogens is 2. The van der Waals surface area contributed by atoms with Crippen molar-refractivity contribution in [2.45, 2.75) is 18.6 Å². The summed E-state index contributed by atoms with van der Waals surface area (Å²) in [4.78, 5) is 14.1. The number of piperazine rings is 1. The maximum absolute atomic E-state index is 13.9. The van der Waals surface area contributed by atoms with Gasteiger partial charge in [0.2, 0.25) is 15.9 Å². The number of nitrogens with zero attached hydrogens (tertiary/aromatic N) is 2. The highest BCUT2D eigenvalue weighted by atomic mass is 79.9. The van der Waals surface area contributed by atoms with E-state index in [-0.39, 0.29) is 37.0 Å². The molecule has 150 valence electrons. The molecular weight excluding hydrogens is 447 g/mol. The molecule has 1 aliphatic heterocycles. The number of carbonyl (C=O) groups excluding carboxylic acids is 1. The first kappa shape index (κ1) is 21.0. The molecule has 0 saturated carbocycles. The van der Waals surface area contributed by atoms with E-state index >= 15 is 0 Å². The number of hydrogen-bond donors (Lipinski definition) is 0. The largest absolute Gasteiger partial charge is 0.340 e. The fraction of sp³-hybridized carbons (Fsp3) is 0.350. The molecule has 1 heterocycles. The Hall–Kier alpha value is -1.77. The Balaban J connectivity index is 1.51. The zero-order valence-electron chi connectivity index (χ0n) is 15.4. The van der Waals surface area contributed by atoms with Crippen molar-refractivity contribution in [3.05, 3.63) is 69.9 Å². The van der Waals surface area contributed by atoms with E-state index < -0.39 is 10.0 Å². The highest BCUT2D eigenvalue weighted by Gasteiger charge is 2.28. The standard InChI is InChI=1S/C20H22BrFN2O3S/c21-18-8-6-17(19(22)14-18)7-9-20(25)23-10-12-24(13-11-23)28(26,27)15-16-4-2-1-3-5-16/h1-6,8,14H,7,9-13,15H2. The Bertz CT molecular complexity index is 930. The van der Waals surface area contributed by atoms with E-state index in [0.29, 0.717) is 29.5 Å². The van der Waals surface area contributed by atoms with Crippen molar-refractivity contribution in [3.8, 4) is 0 Å². The summed E-state index contributed by atoms with van der Waals surface area (Å²) >= 11 is 3.21. The summed E-state index contributed by atoms with van der Waals surface area (Å²) in [5, 5.41) is 0. The lowest BCUT2D eigenvalue weighted by molar-refractivity contribution is -0.132. The summed E-state index contributed by atoms with van der Waals surface area (Å²) < 4.78 is 41.1. The molecule has 0 unspecified atom stereocenters. The molecule has 28 heavy (non-hydrogen) atoms. The highest BCUT2D eigenvalue weighted by Crippen LogP contribution is 2.18. The lowest BCUT2D eigenvalue weighted by Crippen LogP contribution is -2.50. The average molecular weight is 469 g/mol. The topological polar surface area (TPSA) is 57.7 Å². The van der Waals surface area contributed by atoms with Gasteiger partial charge in [-0.1, -0.05) is 52.3 Å². The van der Waals surface area contributed by atoms with E-state index in [4.69, 9.17) is 0 Å². The van der Waals surface area contributed by atoms with Crippen LogP contribution < -0.4 is 0 Å². The Morgan fingerprint density at radius 1 is 1.04 bits per heavy atom. The Morgan fingerprint density at radius 3 is 2.36 bits per heavy atom. The van der Waals surface area contributed by atoms with Crippen molar-refractivity contribution < 1.29 is 17.6 Å². The SMILES string of the molecule is O=C(CCc1ccc(Br)cc1F)N1CCN(S(=O)(=O)Cc2ccccc2)CC1. The van der Waals surface area contributed by atoms with Crippen molar-refractivity contribution in [2.75, 3.05) is 26.2 Å². The molecule has 1 fully saturated rings. The number of carbonyl (C=O) groups is 1. The molecule has 0 aliphatic carbocycles. The maximum Gasteiger partial charge on any atom is 0.222 e. The summed E-state index contributed by atoms with van der Waals surface area (Å²) in [6.07, 6.45) is 0.528. The molecule has 0 atom stereocenters. The molecule has 0 aromatic heterocycles.